The van der Waals surface area contributed by atoms with Crippen molar-refractivity contribution < 1.29 is 4.79 Å². The molecule has 2 aliphatic rings. The van der Waals surface area contributed by atoms with Gasteiger partial charge < -0.3 is 5.32 Å². The van der Waals surface area contributed by atoms with Gasteiger partial charge in [-0.3, -0.25) is 14.6 Å². The van der Waals surface area contributed by atoms with Crippen LogP contribution < -0.4 is 5.32 Å². The number of hydrogen-bond acceptors (Lipinski definition) is 4. The normalized spacial score (nSPS) is 23.5. The summed E-state index contributed by atoms with van der Waals surface area (Å²) in [6.45, 7) is 7.84. The summed E-state index contributed by atoms with van der Waals surface area (Å²) in [5, 5.41) is 4.37. The quantitative estimate of drug-likeness (QED) is 0.918. The Kier molecular flexibility index (Phi) is 3.64. The third-order valence-corrected chi connectivity index (χ3v) is 5.99. The standard InChI is InChI=1S/C17H21N3OS/c1-12-14(13-4-2-3-5-16(13)22-12)10-19-8-9-20-7-6-18-17(21)15(20)11-19/h2-5,15H,6-11H2,1H3,(H,18,21). The molecule has 116 valence electrons. The second-order valence-electron chi connectivity index (χ2n) is 6.21. The first-order chi connectivity index (χ1) is 10.7. The monoisotopic (exact) mass is 315 g/mol. The predicted octanol–water partition coefficient (Wildman–Crippen LogP) is 1.83. The average Bonchev–Trinajstić information content (AvgIpc) is 2.84. The van der Waals surface area contributed by atoms with Crippen molar-refractivity contribution in [2.45, 2.75) is 19.5 Å². The van der Waals surface area contributed by atoms with E-state index in [0.29, 0.717) is 0 Å². The van der Waals surface area contributed by atoms with E-state index < -0.39 is 0 Å². The van der Waals surface area contributed by atoms with Gasteiger partial charge in [0.1, 0.15) is 6.04 Å². The third-order valence-electron chi connectivity index (χ3n) is 4.86. The number of piperazine rings is 2. The van der Waals surface area contributed by atoms with Gasteiger partial charge in [-0.05, 0) is 23.9 Å². The molecule has 0 aliphatic carbocycles. The average molecular weight is 315 g/mol. The fourth-order valence-corrected chi connectivity index (χ4v) is 4.69. The second-order valence-corrected chi connectivity index (χ2v) is 7.47. The minimum Gasteiger partial charge on any atom is -0.353 e. The molecule has 1 amide bonds. The number of nitrogens with zero attached hydrogens (tertiary/aromatic N) is 2. The molecule has 1 aromatic carbocycles. The SMILES string of the molecule is Cc1sc2ccccc2c1CN1CCN2CCNC(=O)C2C1. The van der Waals surface area contributed by atoms with E-state index in [-0.39, 0.29) is 11.9 Å². The number of rotatable bonds is 2. The number of carbonyl (C=O) groups excluding carboxylic acids is 1. The Morgan fingerprint density at radius 2 is 2.14 bits per heavy atom. The lowest BCUT2D eigenvalue weighted by molar-refractivity contribution is -0.131. The predicted molar refractivity (Wildman–Crippen MR) is 90.2 cm³/mol. The maximum atomic E-state index is 12.1. The Labute approximate surface area is 134 Å². The first-order valence-electron chi connectivity index (χ1n) is 7.93. The van der Waals surface area contributed by atoms with E-state index in [1.54, 1.807) is 0 Å². The molecule has 0 spiro atoms. The summed E-state index contributed by atoms with van der Waals surface area (Å²) in [5.74, 6) is 0.197. The molecule has 4 nitrogen and oxygen atoms in total. The van der Waals surface area contributed by atoms with E-state index in [1.165, 1.54) is 20.5 Å². The van der Waals surface area contributed by atoms with Gasteiger partial charge in [-0.15, -0.1) is 11.3 Å². The van der Waals surface area contributed by atoms with Crippen molar-refractivity contribution in [3.05, 3.63) is 34.7 Å². The van der Waals surface area contributed by atoms with Gasteiger partial charge in [-0.1, -0.05) is 18.2 Å². The van der Waals surface area contributed by atoms with E-state index in [2.05, 4.69) is 46.3 Å². The molecule has 1 aromatic heterocycles. The summed E-state index contributed by atoms with van der Waals surface area (Å²) in [4.78, 5) is 18.2. The van der Waals surface area contributed by atoms with Gasteiger partial charge in [-0.2, -0.15) is 0 Å². The van der Waals surface area contributed by atoms with Crippen LogP contribution in [0.4, 0.5) is 0 Å². The Bertz CT molecular complexity index is 711. The van der Waals surface area contributed by atoms with E-state index >= 15 is 0 Å². The minimum atomic E-state index is 0.0349. The number of aryl methyl sites for hydroxylation is 1. The molecular formula is C17H21N3OS. The third kappa shape index (κ3) is 2.43. The highest BCUT2D eigenvalue weighted by Gasteiger charge is 2.34. The molecule has 22 heavy (non-hydrogen) atoms. The number of nitrogens with one attached hydrogen (secondary N) is 1. The molecule has 0 radical (unpaired) electrons. The van der Waals surface area contributed by atoms with Crippen LogP contribution in [0.1, 0.15) is 10.4 Å². The van der Waals surface area contributed by atoms with Crippen LogP contribution >= 0.6 is 11.3 Å². The van der Waals surface area contributed by atoms with Crippen molar-refractivity contribution in [2.75, 3.05) is 32.7 Å². The second kappa shape index (κ2) is 5.65. The molecule has 0 saturated carbocycles. The number of fused-ring (bicyclic) bond motifs is 2. The molecule has 2 aromatic rings. The first kappa shape index (κ1) is 14.2. The van der Waals surface area contributed by atoms with Crippen molar-refractivity contribution in [3.63, 3.8) is 0 Å². The van der Waals surface area contributed by atoms with Gasteiger partial charge in [-0.25, -0.2) is 0 Å². The number of thiophene rings is 1. The molecule has 1 N–H and O–H groups in total. The Morgan fingerprint density at radius 1 is 1.27 bits per heavy atom. The van der Waals surface area contributed by atoms with Crippen molar-refractivity contribution in [1.82, 2.24) is 15.1 Å². The zero-order chi connectivity index (χ0) is 15.1. The van der Waals surface area contributed by atoms with Gasteiger partial charge in [0.25, 0.3) is 0 Å². The molecule has 4 rings (SSSR count). The number of hydrogen-bond donors (Lipinski definition) is 1. The van der Waals surface area contributed by atoms with Crippen molar-refractivity contribution >= 4 is 27.3 Å². The minimum absolute atomic E-state index is 0.0349. The molecular weight excluding hydrogens is 294 g/mol. The Morgan fingerprint density at radius 3 is 3.05 bits per heavy atom. The van der Waals surface area contributed by atoms with Gasteiger partial charge in [0.05, 0.1) is 0 Å². The highest BCUT2D eigenvalue weighted by atomic mass is 32.1. The lowest BCUT2D eigenvalue weighted by Crippen LogP contribution is -2.63. The highest BCUT2D eigenvalue weighted by Crippen LogP contribution is 2.32. The van der Waals surface area contributed by atoms with Crippen molar-refractivity contribution in [1.29, 1.82) is 0 Å². The van der Waals surface area contributed by atoms with Gasteiger partial charge >= 0.3 is 0 Å². The van der Waals surface area contributed by atoms with Crippen molar-refractivity contribution in [2.24, 2.45) is 0 Å². The lowest BCUT2D eigenvalue weighted by atomic mass is 10.1. The molecule has 2 fully saturated rings. The topological polar surface area (TPSA) is 35.6 Å². The maximum absolute atomic E-state index is 12.1. The molecule has 3 heterocycles. The smallest absolute Gasteiger partial charge is 0.238 e. The Balaban J connectivity index is 1.55. The summed E-state index contributed by atoms with van der Waals surface area (Å²) < 4.78 is 1.36. The van der Waals surface area contributed by atoms with Crippen LogP contribution in [-0.4, -0.2) is 54.5 Å². The van der Waals surface area contributed by atoms with Crippen LogP contribution in [-0.2, 0) is 11.3 Å². The molecule has 1 atom stereocenters. The molecule has 0 bridgehead atoms. The fraction of sp³-hybridized carbons (Fsp3) is 0.471. The fourth-order valence-electron chi connectivity index (χ4n) is 3.62. The largest absolute Gasteiger partial charge is 0.353 e. The van der Waals surface area contributed by atoms with Crippen LogP contribution in [0.3, 0.4) is 0 Å². The summed E-state index contributed by atoms with van der Waals surface area (Å²) in [6.07, 6.45) is 0. The van der Waals surface area contributed by atoms with Crippen LogP contribution in [0.25, 0.3) is 10.1 Å². The number of benzene rings is 1. The zero-order valence-corrected chi connectivity index (χ0v) is 13.7. The van der Waals surface area contributed by atoms with Crippen LogP contribution in [0.15, 0.2) is 24.3 Å². The van der Waals surface area contributed by atoms with Crippen LogP contribution in [0, 0.1) is 6.92 Å². The van der Waals surface area contributed by atoms with E-state index in [0.717, 1.165) is 39.3 Å². The molecule has 2 saturated heterocycles. The number of carbonyl (C=O) groups is 1. The summed E-state index contributed by atoms with van der Waals surface area (Å²) >= 11 is 1.87. The Hall–Kier alpha value is -1.43. The van der Waals surface area contributed by atoms with Crippen LogP contribution in [0.2, 0.25) is 0 Å². The summed E-state index contributed by atoms with van der Waals surface area (Å²) in [6, 6.07) is 8.67. The van der Waals surface area contributed by atoms with Gasteiger partial charge in [0, 0.05) is 48.8 Å². The van der Waals surface area contributed by atoms with E-state index in [1.807, 2.05) is 11.3 Å². The molecule has 1 unspecified atom stereocenters. The van der Waals surface area contributed by atoms with Gasteiger partial charge in [0.2, 0.25) is 5.91 Å². The molecule has 2 aliphatic heterocycles. The summed E-state index contributed by atoms with van der Waals surface area (Å²) in [7, 11) is 0. The number of amides is 1. The van der Waals surface area contributed by atoms with Crippen LogP contribution in [0.5, 0.6) is 0 Å². The lowest BCUT2D eigenvalue weighted by Gasteiger charge is -2.43. The van der Waals surface area contributed by atoms with Gasteiger partial charge in [0.15, 0.2) is 0 Å². The zero-order valence-electron chi connectivity index (χ0n) is 12.8. The van der Waals surface area contributed by atoms with Crippen molar-refractivity contribution in [3.8, 4) is 0 Å². The highest BCUT2D eigenvalue weighted by molar-refractivity contribution is 7.19. The molecule has 5 heteroatoms. The van der Waals surface area contributed by atoms with E-state index in [4.69, 9.17) is 0 Å². The summed E-state index contributed by atoms with van der Waals surface area (Å²) in [5.41, 5.74) is 1.44. The maximum Gasteiger partial charge on any atom is 0.238 e. The first-order valence-corrected chi connectivity index (χ1v) is 8.75. The van der Waals surface area contributed by atoms with E-state index in [9.17, 15) is 4.79 Å².